The molecule has 54 valence electrons. The third-order valence-electron chi connectivity index (χ3n) is 0.944. The highest BCUT2D eigenvalue weighted by Crippen LogP contribution is 2.29. The van der Waals surface area contributed by atoms with Crippen LogP contribution in [0.4, 0.5) is 0 Å². The van der Waals surface area contributed by atoms with Crippen molar-refractivity contribution in [1.29, 1.82) is 0 Å². The summed E-state index contributed by atoms with van der Waals surface area (Å²) in [6.07, 6.45) is 2.28. The van der Waals surface area contributed by atoms with Crippen LogP contribution >= 0.6 is 0 Å². The van der Waals surface area contributed by atoms with E-state index < -0.39 is 16.7 Å². The van der Waals surface area contributed by atoms with Crippen molar-refractivity contribution >= 4 is 10.1 Å². The van der Waals surface area contributed by atoms with Crippen molar-refractivity contribution in [2.75, 3.05) is 12.8 Å². The topological polar surface area (TPSA) is 43.4 Å². The summed E-state index contributed by atoms with van der Waals surface area (Å²) in [7, 11) is -3.66. The van der Waals surface area contributed by atoms with Crippen molar-refractivity contribution in [2.45, 2.75) is 12.8 Å². The summed E-state index contributed by atoms with van der Waals surface area (Å²) in [4.78, 5) is 0. The van der Waals surface area contributed by atoms with E-state index in [0.29, 0.717) is 12.8 Å². The molecule has 0 N–H and O–H groups in total. The first kappa shape index (κ1) is 4.68. The monoisotopic (exact) mass is 152 g/mol. The third-order valence-corrected chi connectivity index (χ3v) is 1.34. The molecule has 0 unspecified atom stereocenters. The molecule has 0 spiro atoms. The molecule has 0 radical (unpaired) electrons. The quantitative estimate of drug-likeness (QED) is 0.549. The lowest BCUT2D eigenvalue weighted by Crippen LogP contribution is -2.04. The Morgan fingerprint density at radius 3 is 2.67 bits per heavy atom. The summed E-state index contributed by atoms with van der Waals surface area (Å²) < 4.78 is 39.6. The molecule has 0 saturated heterocycles. The molecular weight excluding hydrogens is 140 g/mol. The van der Waals surface area contributed by atoms with E-state index >= 15 is 0 Å². The van der Waals surface area contributed by atoms with Gasteiger partial charge in [-0.1, -0.05) is 0 Å². The van der Waals surface area contributed by atoms with E-state index in [-0.39, 0.29) is 5.92 Å². The zero-order valence-corrected chi connectivity index (χ0v) is 5.94. The summed E-state index contributed by atoms with van der Waals surface area (Å²) in [5.41, 5.74) is 0. The lowest BCUT2D eigenvalue weighted by atomic mass is 10.5. The maximum atomic E-state index is 10.5. The fraction of sp³-hybridized carbons (Fsp3) is 1.00. The van der Waals surface area contributed by atoms with Crippen LogP contribution in [0.5, 0.6) is 0 Å². The Bertz CT molecular complexity index is 242. The fourth-order valence-electron chi connectivity index (χ4n) is 0.357. The van der Waals surface area contributed by atoms with Gasteiger partial charge < -0.3 is 0 Å². The van der Waals surface area contributed by atoms with Crippen molar-refractivity contribution in [3.63, 3.8) is 0 Å². The van der Waals surface area contributed by atoms with Gasteiger partial charge in [-0.3, -0.25) is 4.18 Å². The van der Waals surface area contributed by atoms with Crippen LogP contribution in [0.25, 0.3) is 0 Å². The van der Waals surface area contributed by atoms with Crippen LogP contribution in [0, 0.1) is 5.92 Å². The van der Waals surface area contributed by atoms with Crippen LogP contribution in [-0.4, -0.2) is 21.2 Å². The van der Waals surface area contributed by atoms with E-state index in [2.05, 4.69) is 4.18 Å². The molecule has 0 bridgehead atoms. The highest BCUT2D eigenvalue weighted by molar-refractivity contribution is 7.85. The van der Waals surface area contributed by atoms with Crippen LogP contribution < -0.4 is 0 Å². The van der Waals surface area contributed by atoms with Crippen LogP contribution in [0.1, 0.15) is 15.6 Å². The molecule has 1 saturated carbocycles. The molecule has 0 aliphatic heterocycles. The van der Waals surface area contributed by atoms with Crippen molar-refractivity contribution < 1.29 is 15.3 Å². The summed E-state index contributed by atoms with van der Waals surface area (Å²) in [5.74, 6) is -0.239. The first-order valence-corrected chi connectivity index (χ1v) is 4.53. The second-order valence-corrected chi connectivity index (χ2v) is 3.75. The van der Waals surface area contributed by atoms with Crippen LogP contribution in [-0.2, 0) is 14.3 Å². The highest BCUT2D eigenvalue weighted by Gasteiger charge is 2.22. The van der Waals surface area contributed by atoms with Gasteiger partial charge >= 0.3 is 0 Å². The second kappa shape index (κ2) is 2.27. The molecule has 0 atom stereocenters. The molecule has 1 fully saturated rings. The van der Waals surface area contributed by atoms with Gasteiger partial charge in [-0.05, 0) is 18.8 Å². The van der Waals surface area contributed by atoms with Gasteiger partial charge in [-0.25, -0.2) is 0 Å². The van der Waals surface area contributed by atoms with Crippen molar-refractivity contribution in [1.82, 2.24) is 0 Å². The zero-order chi connectivity index (χ0) is 8.70. The van der Waals surface area contributed by atoms with Crippen LogP contribution in [0.15, 0.2) is 0 Å². The lowest BCUT2D eigenvalue weighted by Gasteiger charge is -1.95. The molecule has 0 aromatic heterocycles. The highest BCUT2D eigenvalue weighted by atomic mass is 32.2. The van der Waals surface area contributed by atoms with E-state index in [4.69, 9.17) is 2.74 Å². The SMILES string of the molecule is [2H]C([2H])(OS(C)(=O)=O)C1CC1. The van der Waals surface area contributed by atoms with E-state index in [1.165, 1.54) is 0 Å². The fourth-order valence-corrected chi connectivity index (χ4v) is 0.667. The zero-order valence-electron chi connectivity index (χ0n) is 7.12. The standard InChI is InChI=1S/C5H10O3S/c1-9(6,7)8-4-5-2-3-5/h5H,2-4H2,1H3/i4D2. The van der Waals surface area contributed by atoms with E-state index in [9.17, 15) is 8.42 Å². The Morgan fingerprint density at radius 1 is 1.78 bits per heavy atom. The molecule has 1 aliphatic carbocycles. The van der Waals surface area contributed by atoms with E-state index in [0.717, 1.165) is 6.26 Å². The summed E-state index contributed by atoms with van der Waals surface area (Å²) in [5, 5.41) is 0. The summed E-state index contributed by atoms with van der Waals surface area (Å²) in [6.45, 7) is -1.99. The maximum Gasteiger partial charge on any atom is 0.264 e. The van der Waals surface area contributed by atoms with Gasteiger partial charge in [0.1, 0.15) is 0 Å². The van der Waals surface area contributed by atoms with Gasteiger partial charge in [0, 0.05) is 0 Å². The van der Waals surface area contributed by atoms with Gasteiger partial charge in [-0.2, -0.15) is 8.42 Å². The molecule has 9 heavy (non-hydrogen) atoms. The first-order chi connectivity index (χ1) is 4.81. The van der Waals surface area contributed by atoms with Crippen molar-refractivity contribution in [2.24, 2.45) is 5.92 Å². The summed E-state index contributed by atoms with van der Waals surface area (Å²) in [6, 6.07) is 0. The lowest BCUT2D eigenvalue weighted by molar-refractivity contribution is 0.305. The molecule has 3 nitrogen and oxygen atoms in total. The molecular formula is C5H10O3S. The second-order valence-electron chi connectivity index (χ2n) is 2.18. The smallest absolute Gasteiger partial charge is 0.264 e. The molecule has 0 amide bonds. The van der Waals surface area contributed by atoms with Gasteiger partial charge in [0.15, 0.2) is 0 Å². The summed E-state index contributed by atoms with van der Waals surface area (Å²) >= 11 is 0. The third kappa shape index (κ3) is 3.48. The predicted octanol–water partition coefficient (Wildman–Crippen LogP) is 0.373. The van der Waals surface area contributed by atoms with Gasteiger partial charge in [0.05, 0.1) is 15.6 Å². The van der Waals surface area contributed by atoms with Crippen LogP contribution in [0.3, 0.4) is 0 Å². The molecule has 0 aromatic carbocycles. The van der Waals surface area contributed by atoms with Crippen LogP contribution in [0.2, 0.25) is 0 Å². The van der Waals surface area contributed by atoms with Gasteiger partial charge in [0.2, 0.25) is 0 Å². The minimum absolute atomic E-state index is 0.239. The molecule has 1 aliphatic rings. The molecule has 4 heteroatoms. The predicted molar refractivity (Wildman–Crippen MR) is 33.5 cm³/mol. The number of rotatable bonds is 3. The average molecular weight is 152 g/mol. The van der Waals surface area contributed by atoms with Crippen molar-refractivity contribution in [3.05, 3.63) is 0 Å². The minimum Gasteiger partial charge on any atom is -0.270 e. The van der Waals surface area contributed by atoms with Gasteiger partial charge in [0.25, 0.3) is 10.1 Å². The minimum atomic E-state index is -3.66. The molecule has 0 heterocycles. The maximum absolute atomic E-state index is 10.5. The Kier molecular flexibility index (Phi) is 1.18. The Balaban J connectivity index is 2.59. The number of hydrogen-bond donors (Lipinski definition) is 0. The van der Waals surface area contributed by atoms with E-state index in [1.54, 1.807) is 0 Å². The average Bonchev–Trinajstić information content (AvgIpc) is 2.30. The largest absolute Gasteiger partial charge is 0.270 e. The Labute approximate surface area is 58.0 Å². The molecule has 1 rings (SSSR count). The number of hydrogen-bond acceptors (Lipinski definition) is 3. The van der Waals surface area contributed by atoms with Gasteiger partial charge in [-0.15, -0.1) is 0 Å². The molecule has 0 aromatic rings. The van der Waals surface area contributed by atoms with E-state index in [1.807, 2.05) is 0 Å². The van der Waals surface area contributed by atoms with Crippen molar-refractivity contribution in [3.8, 4) is 0 Å². The Hall–Kier alpha value is -0.0900. The Morgan fingerprint density at radius 2 is 2.33 bits per heavy atom. The normalized spacial score (nSPS) is 25.0. The first-order valence-electron chi connectivity index (χ1n) is 3.72.